The molecule has 0 nitrogen and oxygen atoms in total. The molecule has 0 amide bonds. The average Bonchev–Trinajstić information content (AvgIpc) is 2.62. The highest BCUT2D eigenvalue weighted by atomic mass is 32.2. The van der Waals surface area contributed by atoms with Crippen molar-refractivity contribution in [1.29, 1.82) is 0 Å². The molecule has 3 rings (SSSR count). The minimum Gasteiger partial charge on any atom is -0.161 e. The molecule has 0 bridgehead atoms. The summed E-state index contributed by atoms with van der Waals surface area (Å²) in [6.45, 7) is 12.1. The van der Waals surface area contributed by atoms with E-state index in [1.54, 1.807) is 33.4 Å². The minimum atomic E-state index is 0.274. The smallest absolute Gasteiger partial charge is 0.109 e. The van der Waals surface area contributed by atoms with Gasteiger partial charge in [0, 0.05) is 5.75 Å². The van der Waals surface area contributed by atoms with Crippen LogP contribution in [0.3, 0.4) is 0 Å². The monoisotopic (exact) mass is 354 g/mol. The van der Waals surface area contributed by atoms with E-state index in [0.29, 0.717) is 5.31 Å². The molecule has 0 aliphatic heterocycles. The van der Waals surface area contributed by atoms with Gasteiger partial charge in [0.05, 0.1) is 0 Å². The molecule has 0 fully saturated rings. The third-order valence-electron chi connectivity index (χ3n) is 6.00. The second-order valence-corrected chi connectivity index (χ2v) is 11.1. The molecule has 0 radical (unpaired) electrons. The first-order valence-corrected chi connectivity index (χ1v) is 11.3. The molecule has 0 heterocycles. The summed E-state index contributed by atoms with van der Waals surface area (Å²) >= 11 is 2.00. The van der Waals surface area contributed by atoms with Crippen molar-refractivity contribution in [2.45, 2.75) is 77.8 Å². The molecule has 0 spiro atoms. The Bertz CT molecular complexity index is 697. The van der Waals surface area contributed by atoms with Crippen molar-refractivity contribution in [1.82, 2.24) is 0 Å². The molecule has 2 aliphatic rings. The van der Waals surface area contributed by atoms with Crippen molar-refractivity contribution in [3.05, 3.63) is 45.5 Å². The van der Waals surface area contributed by atoms with E-state index in [0.717, 1.165) is 12.3 Å². The van der Waals surface area contributed by atoms with Crippen LogP contribution >= 0.6 is 11.8 Å². The Kier molecular flexibility index (Phi) is 5.24. The van der Waals surface area contributed by atoms with Crippen molar-refractivity contribution in [3.8, 4) is 0 Å². The predicted molar refractivity (Wildman–Crippen MR) is 117 cm³/mol. The summed E-state index contributed by atoms with van der Waals surface area (Å²) < 4.78 is 0. The van der Waals surface area contributed by atoms with Crippen LogP contribution in [0.15, 0.2) is 17.7 Å². The largest absolute Gasteiger partial charge is 0.161 e. The van der Waals surface area contributed by atoms with Gasteiger partial charge in [-0.3, -0.25) is 0 Å². The SMILES string of the molecule is BC1(C)Cc2c(cc3c(c2CSC)CC(C)=CC(C)(C)C3)CC(C)C1. The summed E-state index contributed by atoms with van der Waals surface area (Å²) in [6.07, 6.45) is 11.0. The summed E-state index contributed by atoms with van der Waals surface area (Å²) in [5.74, 6) is 1.96. The summed E-state index contributed by atoms with van der Waals surface area (Å²) in [7, 11) is 2.47. The Hall–Kier alpha value is -0.625. The van der Waals surface area contributed by atoms with Gasteiger partial charge in [0.15, 0.2) is 0 Å². The summed E-state index contributed by atoms with van der Waals surface area (Å²) in [5.41, 5.74) is 10.2. The molecule has 2 atom stereocenters. The fraction of sp³-hybridized carbons (Fsp3) is 0.652. The highest BCUT2D eigenvalue weighted by molar-refractivity contribution is 7.97. The van der Waals surface area contributed by atoms with Crippen LogP contribution in [0.1, 0.15) is 68.9 Å². The average molecular weight is 354 g/mol. The maximum Gasteiger partial charge on any atom is 0.109 e. The quantitative estimate of drug-likeness (QED) is 0.381. The number of rotatable bonds is 2. The van der Waals surface area contributed by atoms with E-state index in [9.17, 15) is 0 Å². The Morgan fingerprint density at radius 2 is 1.88 bits per heavy atom. The third-order valence-corrected chi connectivity index (χ3v) is 6.58. The van der Waals surface area contributed by atoms with E-state index in [1.165, 1.54) is 31.4 Å². The molecule has 1 aromatic carbocycles. The molecule has 2 heteroatoms. The van der Waals surface area contributed by atoms with Gasteiger partial charge in [-0.25, -0.2) is 0 Å². The van der Waals surface area contributed by atoms with Gasteiger partial charge >= 0.3 is 0 Å². The fourth-order valence-electron chi connectivity index (χ4n) is 5.53. The summed E-state index contributed by atoms with van der Waals surface area (Å²) in [4.78, 5) is 0. The number of hydrogen-bond acceptors (Lipinski definition) is 1. The van der Waals surface area contributed by atoms with Crippen LogP contribution in [-0.4, -0.2) is 14.1 Å². The Balaban J connectivity index is 2.20. The molecule has 0 saturated heterocycles. The lowest BCUT2D eigenvalue weighted by molar-refractivity contribution is 0.446. The zero-order valence-corrected chi connectivity index (χ0v) is 18.2. The zero-order chi connectivity index (χ0) is 18.4. The molecular weight excluding hydrogens is 319 g/mol. The molecule has 0 aromatic heterocycles. The second kappa shape index (κ2) is 6.84. The first-order chi connectivity index (χ1) is 11.6. The van der Waals surface area contributed by atoms with Gasteiger partial charge < -0.3 is 0 Å². The predicted octanol–water partition coefficient (Wildman–Crippen LogP) is 5.56. The lowest BCUT2D eigenvalue weighted by atomic mass is 9.63. The highest BCUT2D eigenvalue weighted by Crippen LogP contribution is 2.44. The van der Waals surface area contributed by atoms with E-state index in [1.807, 2.05) is 11.8 Å². The maximum atomic E-state index is 2.61. The van der Waals surface area contributed by atoms with Crippen molar-refractivity contribution in [2.75, 3.05) is 6.26 Å². The van der Waals surface area contributed by atoms with Crippen molar-refractivity contribution < 1.29 is 0 Å². The van der Waals surface area contributed by atoms with Crippen LogP contribution in [0, 0.1) is 11.3 Å². The first-order valence-electron chi connectivity index (χ1n) is 9.93. The lowest BCUT2D eigenvalue weighted by Crippen LogP contribution is -2.16. The minimum absolute atomic E-state index is 0.274. The fourth-order valence-corrected chi connectivity index (χ4v) is 6.17. The molecule has 0 saturated carbocycles. The van der Waals surface area contributed by atoms with E-state index in [2.05, 4.69) is 60.9 Å². The zero-order valence-electron chi connectivity index (χ0n) is 17.4. The molecule has 2 aliphatic carbocycles. The van der Waals surface area contributed by atoms with Gasteiger partial charge in [0.2, 0.25) is 0 Å². The van der Waals surface area contributed by atoms with Crippen molar-refractivity contribution >= 4 is 19.6 Å². The van der Waals surface area contributed by atoms with Crippen LogP contribution in [0.4, 0.5) is 0 Å². The normalized spacial score (nSPS) is 28.4. The summed E-state index contributed by atoms with van der Waals surface area (Å²) in [6, 6.07) is 2.61. The van der Waals surface area contributed by atoms with Crippen molar-refractivity contribution in [2.24, 2.45) is 11.3 Å². The lowest BCUT2D eigenvalue weighted by Gasteiger charge is -2.27. The van der Waals surface area contributed by atoms with E-state index in [-0.39, 0.29) is 5.41 Å². The Labute approximate surface area is 160 Å². The van der Waals surface area contributed by atoms with Crippen molar-refractivity contribution in [3.63, 3.8) is 0 Å². The Morgan fingerprint density at radius 3 is 2.56 bits per heavy atom. The second-order valence-electron chi connectivity index (χ2n) is 10.3. The number of fused-ring (bicyclic) bond motifs is 2. The van der Waals surface area contributed by atoms with Gasteiger partial charge in [-0.1, -0.05) is 57.1 Å². The van der Waals surface area contributed by atoms with E-state index < -0.39 is 0 Å². The molecule has 2 unspecified atom stereocenters. The maximum absolute atomic E-state index is 2.61. The Morgan fingerprint density at radius 1 is 1.16 bits per heavy atom. The van der Waals surface area contributed by atoms with Gasteiger partial charge in [-0.15, -0.1) is 0 Å². The molecular formula is C23H35BS. The van der Waals surface area contributed by atoms with Gasteiger partial charge in [0.25, 0.3) is 0 Å². The number of benzene rings is 1. The van der Waals surface area contributed by atoms with Crippen LogP contribution in [0.25, 0.3) is 0 Å². The van der Waals surface area contributed by atoms with Gasteiger partial charge in [0.1, 0.15) is 7.85 Å². The van der Waals surface area contributed by atoms with Crippen LogP contribution < -0.4 is 0 Å². The molecule has 136 valence electrons. The number of allylic oxidation sites excluding steroid dienone is 2. The molecule has 0 N–H and O–H groups in total. The molecule has 25 heavy (non-hydrogen) atoms. The molecule has 1 aromatic rings. The topological polar surface area (TPSA) is 0 Å². The van der Waals surface area contributed by atoms with E-state index >= 15 is 0 Å². The number of hydrogen-bond donors (Lipinski definition) is 0. The number of thioether (sulfide) groups is 1. The van der Waals surface area contributed by atoms with Gasteiger partial charge in [-0.05, 0) is 78.0 Å². The summed E-state index contributed by atoms with van der Waals surface area (Å²) in [5, 5.41) is 0.418. The van der Waals surface area contributed by atoms with Gasteiger partial charge in [-0.2, -0.15) is 11.8 Å². The first kappa shape index (κ1) is 19.1. The highest BCUT2D eigenvalue weighted by Gasteiger charge is 2.31. The van der Waals surface area contributed by atoms with E-state index in [4.69, 9.17) is 0 Å². The third kappa shape index (κ3) is 4.21. The van der Waals surface area contributed by atoms with Crippen LogP contribution in [0.5, 0.6) is 0 Å². The van der Waals surface area contributed by atoms with Crippen LogP contribution in [0.2, 0.25) is 5.31 Å². The van der Waals surface area contributed by atoms with Crippen LogP contribution in [-0.2, 0) is 31.4 Å². The standard InChI is InChI=1S/C23H35BS/c1-15-7-17-9-18-12-22(3,4)10-16(2)8-19(18)21(14-25-6)20(17)13-23(5,24)11-15/h9-10,15H,7-8,11-14,24H2,1-6H3.